The van der Waals surface area contributed by atoms with Gasteiger partial charge in [-0.2, -0.15) is 35.3 Å². The van der Waals surface area contributed by atoms with Crippen LogP contribution in [0.1, 0.15) is 45.4 Å². The van der Waals surface area contributed by atoms with Crippen LogP contribution < -0.4 is 0 Å². The lowest BCUT2D eigenvalue weighted by atomic mass is 9.94. The van der Waals surface area contributed by atoms with Crippen molar-refractivity contribution in [3.05, 3.63) is 38.5 Å². The van der Waals surface area contributed by atoms with E-state index in [0.717, 1.165) is 18.8 Å². The van der Waals surface area contributed by atoms with Crippen molar-refractivity contribution >= 4 is 71.1 Å². The van der Waals surface area contributed by atoms with E-state index in [4.69, 9.17) is 14.2 Å². The second kappa shape index (κ2) is 26.5. The van der Waals surface area contributed by atoms with Gasteiger partial charge in [0.2, 0.25) is 0 Å². The van der Waals surface area contributed by atoms with Gasteiger partial charge in [0, 0.05) is 34.5 Å². The van der Waals surface area contributed by atoms with Crippen LogP contribution in [0, 0.1) is 5.41 Å². The average Bonchev–Trinajstić information content (AvgIpc) is 2.98. The van der Waals surface area contributed by atoms with Gasteiger partial charge < -0.3 is 28.4 Å². The first-order valence-corrected chi connectivity index (χ1v) is 17.1. The Hall–Kier alpha value is -2.91. The lowest BCUT2D eigenvalue weighted by Gasteiger charge is -2.28. The number of esters is 6. The molecule has 12 nitrogen and oxygen atoms in total. The van der Waals surface area contributed by atoms with E-state index in [1.54, 1.807) is 6.92 Å². The molecule has 0 aromatic rings. The molecule has 0 aliphatic rings. The van der Waals surface area contributed by atoms with Gasteiger partial charge in [0.25, 0.3) is 0 Å². The molecule has 0 fully saturated rings. The van der Waals surface area contributed by atoms with E-state index < -0.39 is 41.2 Å². The quantitative estimate of drug-likeness (QED) is 0.0526. The van der Waals surface area contributed by atoms with E-state index in [0.29, 0.717) is 34.5 Å². The van der Waals surface area contributed by atoms with Crippen LogP contribution in [-0.2, 0) is 57.2 Å². The van der Waals surface area contributed by atoms with Crippen molar-refractivity contribution < 1.29 is 57.2 Å². The van der Waals surface area contributed by atoms with Gasteiger partial charge in [0.1, 0.15) is 19.8 Å². The summed E-state index contributed by atoms with van der Waals surface area (Å²) < 4.78 is 30.1. The summed E-state index contributed by atoms with van der Waals surface area (Å²) in [6.45, 7) is 11.1. The van der Waals surface area contributed by atoms with Crippen LogP contribution in [0.25, 0.3) is 0 Å². The topological polar surface area (TPSA) is 158 Å². The molecule has 0 radical (unpaired) electrons. The van der Waals surface area contributed by atoms with Crippen LogP contribution in [0.2, 0.25) is 0 Å². The molecule has 0 saturated heterocycles. The van der Waals surface area contributed by atoms with E-state index in [1.807, 2.05) is 0 Å². The number of carbonyl (C=O) groups excluding carboxylic acids is 6. The standard InChI is InChI=1S/C29H42O12S3/c1-5-36-23(30)8-14-42-17-11-26(33)39-20-29(4,21-40-27(34)12-18-43-15-9-24(31)37-6-2)22-41-28(35)13-19-44-16-10-25(32)38-7-3/h5-7H,1-3,8-22H2,4H3. The first-order valence-electron chi connectivity index (χ1n) is 13.7. The number of rotatable bonds is 27. The maximum absolute atomic E-state index is 12.3. The monoisotopic (exact) mass is 678 g/mol. The van der Waals surface area contributed by atoms with Gasteiger partial charge in [-0.05, 0) is 6.92 Å². The summed E-state index contributed by atoms with van der Waals surface area (Å²) in [6, 6.07) is 0. The maximum Gasteiger partial charge on any atom is 0.311 e. The molecule has 44 heavy (non-hydrogen) atoms. The fourth-order valence-corrected chi connectivity index (χ4v) is 5.28. The Kier molecular flexibility index (Phi) is 24.7. The lowest BCUT2D eigenvalue weighted by molar-refractivity contribution is -0.160. The summed E-state index contributed by atoms with van der Waals surface area (Å²) in [5.74, 6) is -0.0236. The normalized spacial score (nSPS) is 10.6. The highest BCUT2D eigenvalue weighted by Gasteiger charge is 2.31. The summed E-state index contributed by atoms with van der Waals surface area (Å²) >= 11 is 4.17. The highest BCUT2D eigenvalue weighted by molar-refractivity contribution is 7.99. The molecular weight excluding hydrogens is 637 g/mol. The maximum atomic E-state index is 12.3. The van der Waals surface area contributed by atoms with E-state index in [2.05, 4.69) is 33.9 Å². The molecule has 0 amide bonds. The molecule has 0 unspecified atom stereocenters. The minimum absolute atomic E-state index is 0.0892. The molecule has 0 saturated carbocycles. The van der Waals surface area contributed by atoms with Crippen molar-refractivity contribution in [2.75, 3.05) is 54.3 Å². The zero-order valence-corrected chi connectivity index (χ0v) is 27.5. The Morgan fingerprint density at radius 2 is 0.705 bits per heavy atom. The predicted octanol–water partition coefficient (Wildman–Crippen LogP) is 4.22. The second-order valence-electron chi connectivity index (χ2n) is 9.10. The number of thioether (sulfide) groups is 3. The second-order valence-corrected chi connectivity index (χ2v) is 12.8. The zero-order chi connectivity index (χ0) is 33.1. The van der Waals surface area contributed by atoms with E-state index in [1.165, 1.54) is 35.3 Å². The van der Waals surface area contributed by atoms with Crippen LogP contribution in [0.15, 0.2) is 38.5 Å². The van der Waals surface area contributed by atoms with Crippen LogP contribution in [0.5, 0.6) is 0 Å². The van der Waals surface area contributed by atoms with Crippen molar-refractivity contribution in [1.29, 1.82) is 0 Å². The molecular formula is C29H42O12S3. The van der Waals surface area contributed by atoms with Crippen LogP contribution in [0.3, 0.4) is 0 Å². The van der Waals surface area contributed by atoms with Gasteiger partial charge in [-0.15, -0.1) is 0 Å². The SMILES string of the molecule is C=COC(=O)CCSCCC(=O)OCC(C)(COC(=O)CCSCCC(=O)OC=C)COC(=O)CCSCCC(=O)OC=C. The summed E-state index contributed by atoms with van der Waals surface area (Å²) in [5.41, 5.74) is -1.01. The minimum Gasteiger partial charge on any atom is -0.465 e. The molecule has 0 bridgehead atoms. The largest absolute Gasteiger partial charge is 0.465 e. The van der Waals surface area contributed by atoms with E-state index in [9.17, 15) is 28.8 Å². The van der Waals surface area contributed by atoms with E-state index in [-0.39, 0.29) is 58.3 Å². The van der Waals surface area contributed by atoms with Crippen molar-refractivity contribution in [3.8, 4) is 0 Å². The zero-order valence-electron chi connectivity index (χ0n) is 25.1. The Morgan fingerprint density at radius 1 is 0.477 bits per heavy atom. The molecule has 0 aliphatic heterocycles. The first kappa shape index (κ1) is 41.1. The van der Waals surface area contributed by atoms with Crippen molar-refractivity contribution in [3.63, 3.8) is 0 Å². The van der Waals surface area contributed by atoms with Crippen molar-refractivity contribution in [2.24, 2.45) is 5.41 Å². The fraction of sp³-hybridized carbons (Fsp3) is 0.586. The molecule has 0 aromatic carbocycles. The van der Waals surface area contributed by atoms with Crippen LogP contribution in [0.4, 0.5) is 0 Å². The Balaban J connectivity index is 4.71. The van der Waals surface area contributed by atoms with Crippen molar-refractivity contribution in [1.82, 2.24) is 0 Å². The van der Waals surface area contributed by atoms with Gasteiger partial charge in [-0.1, -0.05) is 19.7 Å². The molecule has 0 atom stereocenters. The highest BCUT2D eigenvalue weighted by atomic mass is 32.2. The third-order valence-corrected chi connectivity index (χ3v) is 8.05. The van der Waals surface area contributed by atoms with Gasteiger partial charge in [0.15, 0.2) is 0 Å². The fourth-order valence-electron chi connectivity index (χ4n) is 2.80. The Bertz CT molecular complexity index is 837. The third-order valence-electron chi connectivity index (χ3n) is 5.09. The summed E-state index contributed by atoms with van der Waals surface area (Å²) in [6.07, 6.45) is 4.00. The van der Waals surface area contributed by atoms with Gasteiger partial charge in [-0.3, -0.25) is 28.8 Å². The average molecular weight is 679 g/mol. The molecule has 0 spiro atoms. The molecule has 248 valence electrons. The van der Waals surface area contributed by atoms with E-state index >= 15 is 0 Å². The molecule has 0 rings (SSSR count). The van der Waals surface area contributed by atoms with Crippen molar-refractivity contribution in [2.45, 2.75) is 45.4 Å². The molecule has 0 aliphatic carbocycles. The molecule has 15 heteroatoms. The Labute approximate surface area is 271 Å². The molecule has 0 heterocycles. The molecule has 0 aromatic heterocycles. The minimum atomic E-state index is -1.01. The first-order chi connectivity index (χ1) is 21.0. The number of ether oxygens (including phenoxy) is 6. The lowest BCUT2D eigenvalue weighted by Crippen LogP contribution is -2.37. The van der Waals surface area contributed by atoms with Crippen LogP contribution >= 0.6 is 35.3 Å². The highest BCUT2D eigenvalue weighted by Crippen LogP contribution is 2.21. The third kappa shape index (κ3) is 24.5. The van der Waals surface area contributed by atoms with Gasteiger partial charge >= 0.3 is 35.8 Å². The smallest absolute Gasteiger partial charge is 0.311 e. The summed E-state index contributed by atoms with van der Waals surface area (Å²) in [7, 11) is 0. The van der Waals surface area contributed by atoms with Gasteiger partial charge in [-0.25, -0.2) is 0 Å². The summed E-state index contributed by atoms with van der Waals surface area (Å²) in [5, 5.41) is 0. The summed E-state index contributed by atoms with van der Waals surface area (Å²) in [4.78, 5) is 70.9. The van der Waals surface area contributed by atoms with Crippen LogP contribution in [-0.4, -0.2) is 90.2 Å². The number of hydrogen-bond donors (Lipinski definition) is 0. The number of carbonyl (C=O) groups is 6. The number of hydrogen-bond acceptors (Lipinski definition) is 15. The van der Waals surface area contributed by atoms with Gasteiger partial charge in [0.05, 0.1) is 62.7 Å². The predicted molar refractivity (Wildman–Crippen MR) is 170 cm³/mol. The molecule has 0 N–H and O–H groups in total. The Morgan fingerprint density at radius 3 is 0.932 bits per heavy atom.